The van der Waals surface area contributed by atoms with E-state index in [2.05, 4.69) is 31.2 Å². The van der Waals surface area contributed by atoms with Gasteiger partial charge in [0.05, 0.1) is 0 Å². The molecule has 0 radical (unpaired) electrons. The third-order valence-electron chi connectivity index (χ3n) is 4.08. The molecular formula is C20H14BrN3O2. The fourth-order valence-electron chi connectivity index (χ4n) is 2.68. The van der Waals surface area contributed by atoms with Gasteiger partial charge in [0.25, 0.3) is 5.91 Å². The third kappa shape index (κ3) is 3.11. The van der Waals surface area contributed by atoms with Gasteiger partial charge in [-0.15, -0.1) is 0 Å². The second kappa shape index (κ2) is 6.72. The number of pyridine rings is 1. The van der Waals surface area contributed by atoms with Gasteiger partial charge in [0.15, 0.2) is 11.2 Å². The number of carbonyl (C=O) groups excluding carboxylic acids is 1. The van der Waals surface area contributed by atoms with Crippen LogP contribution in [0.15, 0.2) is 69.7 Å². The number of hydrogen-bond donors (Lipinski definition) is 1. The van der Waals surface area contributed by atoms with Crippen molar-refractivity contribution in [2.75, 3.05) is 5.32 Å². The molecule has 128 valence electrons. The van der Waals surface area contributed by atoms with Crippen LogP contribution in [0.3, 0.4) is 0 Å². The second-order valence-electron chi connectivity index (χ2n) is 5.78. The number of carbonyl (C=O) groups is 1. The van der Waals surface area contributed by atoms with Crippen LogP contribution in [-0.2, 0) is 0 Å². The van der Waals surface area contributed by atoms with E-state index in [0.29, 0.717) is 28.4 Å². The van der Waals surface area contributed by atoms with E-state index in [1.165, 1.54) is 0 Å². The molecule has 2 aromatic carbocycles. The fraction of sp³-hybridized carbons (Fsp3) is 0.0500. The van der Waals surface area contributed by atoms with Crippen LogP contribution in [0.5, 0.6) is 0 Å². The topological polar surface area (TPSA) is 68.0 Å². The van der Waals surface area contributed by atoms with Crippen LogP contribution in [0.1, 0.15) is 15.9 Å². The van der Waals surface area contributed by atoms with E-state index < -0.39 is 0 Å². The van der Waals surface area contributed by atoms with Crippen molar-refractivity contribution in [1.82, 2.24) is 9.97 Å². The Morgan fingerprint density at radius 3 is 2.65 bits per heavy atom. The van der Waals surface area contributed by atoms with Gasteiger partial charge in [-0.05, 0) is 61.0 Å². The molecule has 2 heterocycles. The minimum absolute atomic E-state index is 0.169. The van der Waals surface area contributed by atoms with Crippen LogP contribution in [0.2, 0.25) is 0 Å². The largest absolute Gasteiger partial charge is 0.434 e. The normalized spacial score (nSPS) is 10.8. The van der Waals surface area contributed by atoms with Crippen LogP contribution in [0.25, 0.3) is 22.7 Å². The molecule has 0 spiro atoms. The van der Waals surface area contributed by atoms with E-state index in [4.69, 9.17) is 4.42 Å². The Balaban J connectivity index is 1.67. The monoisotopic (exact) mass is 407 g/mol. The van der Waals surface area contributed by atoms with Crippen molar-refractivity contribution in [3.8, 4) is 11.5 Å². The maximum Gasteiger partial charge on any atom is 0.255 e. The number of fused-ring (bicyclic) bond motifs is 1. The molecule has 0 aliphatic carbocycles. The molecule has 0 unspecified atom stereocenters. The molecule has 0 aliphatic heterocycles. The number of aromatic nitrogens is 2. The zero-order chi connectivity index (χ0) is 18.1. The number of nitrogens with zero attached hydrogens (tertiary/aromatic N) is 2. The van der Waals surface area contributed by atoms with Gasteiger partial charge in [0.2, 0.25) is 5.89 Å². The first kappa shape index (κ1) is 16.5. The van der Waals surface area contributed by atoms with Crippen LogP contribution in [-0.4, -0.2) is 15.9 Å². The predicted molar refractivity (Wildman–Crippen MR) is 104 cm³/mol. The van der Waals surface area contributed by atoms with Crippen molar-refractivity contribution in [2.24, 2.45) is 0 Å². The van der Waals surface area contributed by atoms with Crippen molar-refractivity contribution in [1.29, 1.82) is 0 Å². The highest BCUT2D eigenvalue weighted by Gasteiger charge is 2.15. The lowest BCUT2D eigenvalue weighted by Gasteiger charge is -2.11. The zero-order valence-corrected chi connectivity index (χ0v) is 15.4. The lowest BCUT2D eigenvalue weighted by atomic mass is 10.1. The number of rotatable bonds is 3. The van der Waals surface area contributed by atoms with E-state index in [1.54, 1.807) is 24.4 Å². The van der Waals surface area contributed by atoms with Crippen LogP contribution >= 0.6 is 15.9 Å². The lowest BCUT2D eigenvalue weighted by Crippen LogP contribution is -2.12. The van der Waals surface area contributed by atoms with Crippen molar-refractivity contribution in [3.05, 3.63) is 76.4 Å². The first-order valence-corrected chi connectivity index (χ1v) is 8.79. The summed E-state index contributed by atoms with van der Waals surface area (Å²) >= 11 is 3.37. The van der Waals surface area contributed by atoms with Crippen LogP contribution in [0, 0.1) is 6.92 Å². The number of halogens is 1. The Hall–Kier alpha value is -2.99. The average Bonchev–Trinajstić information content (AvgIpc) is 3.08. The highest BCUT2D eigenvalue weighted by molar-refractivity contribution is 9.10. The second-order valence-corrected chi connectivity index (χ2v) is 6.70. The van der Waals surface area contributed by atoms with Crippen molar-refractivity contribution in [3.63, 3.8) is 0 Å². The summed E-state index contributed by atoms with van der Waals surface area (Å²) < 4.78 is 6.73. The minimum atomic E-state index is -0.169. The molecule has 2 aromatic heterocycles. The van der Waals surface area contributed by atoms with E-state index >= 15 is 0 Å². The standard InChI is InChI=1S/C20H14BrN3O2/c1-12-15(20-24-18-17(26-20)6-3-11-22-18)4-2-5-16(12)23-19(25)13-7-9-14(21)10-8-13/h2-11H,1H3,(H,23,25). The maximum atomic E-state index is 12.5. The van der Waals surface area contributed by atoms with Gasteiger partial charge < -0.3 is 9.73 Å². The predicted octanol–water partition coefficient (Wildman–Crippen LogP) is 5.21. The van der Waals surface area contributed by atoms with Gasteiger partial charge >= 0.3 is 0 Å². The summed E-state index contributed by atoms with van der Waals surface area (Å²) in [5, 5.41) is 2.95. The fourth-order valence-corrected chi connectivity index (χ4v) is 2.95. The van der Waals surface area contributed by atoms with Gasteiger partial charge in [-0.2, -0.15) is 4.98 Å². The van der Waals surface area contributed by atoms with Gasteiger partial charge in [0.1, 0.15) is 0 Å². The first-order valence-electron chi connectivity index (χ1n) is 8.00. The lowest BCUT2D eigenvalue weighted by molar-refractivity contribution is 0.102. The zero-order valence-electron chi connectivity index (χ0n) is 13.9. The van der Waals surface area contributed by atoms with Crippen LogP contribution < -0.4 is 5.32 Å². The summed E-state index contributed by atoms with van der Waals surface area (Å²) in [5.74, 6) is 0.313. The Kier molecular flexibility index (Phi) is 4.26. The summed E-state index contributed by atoms with van der Waals surface area (Å²) in [6.07, 6.45) is 1.68. The molecule has 5 nitrogen and oxygen atoms in total. The molecule has 0 aliphatic rings. The summed E-state index contributed by atoms with van der Waals surface area (Å²) in [5.41, 5.74) is 4.19. The first-order chi connectivity index (χ1) is 12.6. The van der Waals surface area contributed by atoms with Gasteiger partial charge in [-0.1, -0.05) is 22.0 Å². The third-order valence-corrected chi connectivity index (χ3v) is 4.61. The SMILES string of the molecule is Cc1c(NC(=O)c2ccc(Br)cc2)cccc1-c1nc2ncccc2o1. The molecule has 4 aromatic rings. The van der Waals surface area contributed by atoms with E-state index in [0.717, 1.165) is 15.6 Å². The molecule has 4 rings (SSSR count). The molecule has 0 atom stereocenters. The molecule has 0 bridgehead atoms. The molecule has 0 saturated heterocycles. The quantitative estimate of drug-likeness (QED) is 0.505. The number of hydrogen-bond acceptors (Lipinski definition) is 4. The molecule has 0 saturated carbocycles. The average molecular weight is 408 g/mol. The number of oxazole rings is 1. The summed E-state index contributed by atoms with van der Waals surface area (Å²) in [4.78, 5) is 21.1. The smallest absolute Gasteiger partial charge is 0.255 e. The van der Waals surface area contributed by atoms with Crippen molar-refractivity contribution < 1.29 is 9.21 Å². The maximum absolute atomic E-state index is 12.5. The summed E-state index contributed by atoms with van der Waals surface area (Å²) in [7, 11) is 0. The van der Waals surface area contributed by atoms with Gasteiger partial charge in [-0.3, -0.25) is 4.79 Å². The van der Waals surface area contributed by atoms with Crippen molar-refractivity contribution >= 4 is 38.8 Å². The highest BCUT2D eigenvalue weighted by Crippen LogP contribution is 2.30. The summed E-state index contributed by atoms with van der Waals surface area (Å²) in [6, 6.07) is 16.5. The van der Waals surface area contributed by atoms with E-state index in [1.807, 2.05) is 43.3 Å². The Morgan fingerprint density at radius 1 is 1.08 bits per heavy atom. The number of nitrogens with one attached hydrogen (secondary N) is 1. The van der Waals surface area contributed by atoms with Crippen LogP contribution in [0.4, 0.5) is 5.69 Å². The number of benzene rings is 2. The molecule has 1 amide bonds. The van der Waals surface area contributed by atoms with Gasteiger partial charge in [0, 0.05) is 27.5 Å². The molecular weight excluding hydrogens is 394 g/mol. The number of amides is 1. The molecule has 26 heavy (non-hydrogen) atoms. The van der Waals surface area contributed by atoms with Crippen molar-refractivity contribution in [2.45, 2.75) is 6.92 Å². The molecule has 6 heteroatoms. The Bertz CT molecular complexity index is 1070. The Labute approximate surface area is 158 Å². The van der Waals surface area contributed by atoms with Gasteiger partial charge in [-0.25, -0.2) is 4.98 Å². The van der Waals surface area contributed by atoms with E-state index in [9.17, 15) is 4.79 Å². The minimum Gasteiger partial charge on any atom is -0.434 e. The molecule has 1 N–H and O–H groups in total. The highest BCUT2D eigenvalue weighted by atomic mass is 79.9. The Morgan fingerprint density at radius 2 is 1.88 bits per heavy atom. The summed E-state index contributed by atoms with van der Waals surface area (Å²) in [6.45, 7) is 1.93. The van der Waals surface area contributed by atoms with E-state index in [-0.39, 0.29) is 5.91 Å². The number of anilines is 1. The molecule has 0 fully saturated rings.